The van der Waals surface area contributed by atoms with Gasteiger partial charge in [0.05, 0.1) is 11.6 Å². The highest BCUT2D eigenvalue weighted by Gasteiger charge is 2.34. The maximum atomic E-state index is 12.6. The van der Waals surface area contributed by atoms with Gasteiger partial charge >= 0.3 is 0 Å². The molecule has 1 aliphatic carbocycles. The number of benzene rings is 1. The van der Waals surface area contributed by atoms with Crippen LogP contribution < -0.4 is 5.32 Å². The van der Waals surface area contributed by atoms with Crippen LogP contribution in [0, 0.1) is 0 Å². The Bertz CT molecular complexity index is 511. The Morgan fingerprint density at radius 2 is 1.91 bits per heavy atom. The molecule has 0 spiro atoms. The van der Waals surface area contributed by atoms with Crippen molar-refractivity contribution in [3.8, 4) is 0 Å². The Labute approximate surface area is 138 Å². The molecule has 0 bridgehead atoms. The zero-order valence-corrected chi connectivity index (χ0v) is 13.8. The molecule has 2 fully saturated rings. The van der Waals surface area contributed by atoms with E-state index >= 15 is 0 Å². The first-order valence-electron chi connectivity index (χ1n) is 8.94. The minimum atomic E-state index is -0.672. The fraction of sp³-hybridized carbons (Fsp3) is 0.632. The van der Waals surface area contributed by atoms with Crippen molar-refractivity contribution < 1.29 is 9.90 Å². The number of carbonyl (C=O) groups is 1. The van der Waals surface area contributed by atoms with Gasteiger partial charge in [-0.05, 0) is 37.8 Å². The quantitative estimate of drug-likeness (QED) is 0.877. The van der Waals surface area contributed by atoms with E-state index in [0.717, 1.165) is 58.0 Å². The van der Waals surface area contributed by atoms with E-state index in [2.05, 4.69) is 22.3 Å². The molecule has 1 amide bonds. The molecular weight excluding hydrogens is 288 g/mol. The summed E-state index contributed by atoms with van der Waals surface area (Å²) < 4.78 is 0. The number of rotatable bonds is 5. The lowest BCUT2D eigenvalue weighted by Gasteiger charge is -2.35. The summed E-state index contributed by atoms with van der Waals surface area (Å²) >= 11 is 0. The summed E-state index contributed by atoms with van der Waals surface area (Å²) in [6.45, 7) is 2.20. The van der Waals surface area contributed by atoms with Crippen molar-refractivity contribution in [2.45, 2.75) is 63.1 Å². The molecule has 1 saturated carbocycles. The first-order valence-corrected chi connectivity index (χ1v) is 8.94. The number of piperidine rings is 1. The molecule has 1 aromatic rings. The molecule has 0 radical (unpaired) electrons. The fourth-order valence-electron chi connectivity index (χ4n) is 3.87. The van der Waals surface area contributed by atoms with E-state index < -0.39 is 5.60 Å². The first-order chi connectivity index (χ1) is 11.2. The van der Waals surface area contributed by atoms with Crippen LogP contribution in [0.25, 0.3) is 0 Å². The summed E-state index contributed by atoms with van der Waals surface area (Å²) in [7, 11) is 0. The second kappa shape index (κ2) is 7.45. The Kier molecular flexibility index (Phi) is 5.34. The maximum Gasteiger partial charge on any atom is 0.237 e. The van der Waals surface area contributed by atoms with Gasteiger partial charge in [0.25, 0.3) is 0 Å². The number of hydrogen-bond donors (Lipinski definition) is 2. The first kappa shape index (κ1) is 16.5. The van der Waals surface area contributed by atoms with Crippen LogP contribution in [-0.2, 0) is 11.3 Å². The van der Waals surface area contributed by atoms with Gasteiger partial charge in [-0.2, -0.15) is 0 Å². The lowest BCUT2D eigenvalue weighted by molar-refractivity contribution is -0.129. The Morgan fingerprint density at radius 1 is 1.17 bits per heavy atom. The van der Waals surface area contributed by atoms with Crippen LogP contribution in [-0.4, -0.2) is 40.6 Å². The number of nitrogens with one attached hydrogen (secondary N) is 1. The minimum absolute atomic E-state index is 0.0611. The van der Waals surface area contributed by atoms with E-state index in [4.69, 9.17) is 0 Å². The second-order valence-corrected chi connectivity index (χ2v) is 7.12. The zero-order chi connectivity index (χ0) is 16.1. The smallest absolute Gasteiger partial charge is 0.237 e. The molecular formula is C19H28N2O2. The van der Waals surface area contributed by atoms with Crippen LogP contribution in [0.4, 0.5) is 0 Å². The van der Waals surface area contributed by atoms with Gasteiger partial charge in [-0.25, -0.2) is 0 Å². The van der Waals surface area contributed by atoms with Gasteiger partial charge in [0.2, 0.25) is 5.91 Å². The summed E-state index contributed by atoms with van der Waals surface area (Å²) in [5.74, 6) is 0.0842. The molecule has 1 heterocycles. The normalized spacial score (nSPS) is 24.5. The monoisotopic (exact) mass is 316 g/mol. The van der Waals surface area contributed by atoms with Crippen molar-refractivity contribution >= 4 is 5.91 Å². The summed E-state index contributed by atoms with van der Waals surface area (Å²) in [5.41, 5.74) is 0.579. The molecule has 2 aliphatic rings. The number of hydrogen-bond acceptors (Lipinski definition) is 3. The van der Waals surface area contributed by atoms with Crippen molar-refractivity contribution in [1.29, 1.82) is 0 Å². The average molecular weight is 316 g/mol. The summed E-state index contributed by atoms with van der Waals surface area (Å²) in [6, 6.07) is 10.3. The summed E-state index contributed by atoms with van der Waals surface area (Å²) in [6.07, 6.45) is 6.93. The van der Waals surface area contributed by atoms with Crippen LogP contribution in [0.15, 0.2) is 30.3 Å². The van der Waals surface area contributed by atoms with Gasteiger partial charge in [-0.15, -0.1) is 0 Å². The molecule has 4 heteroatoms. The van der Waals surface area contributed by atoms with Gasteiger partial charge in [0.15, 0.2) is 0 Å². The number of nitrogens with zero attached hydrogens (tertiary/aromatic N) is 1. The molecule has 4 nitrogen and oxygen atoms in total. The van der Waals surface area contributed by atoms with Crippen LogP contribution in [0.5, 0.6) is 0 Å². The van der Waals surface area contributed by atoms with Crippen LogP contribution in [0.2, 0.25) is 0 Å². The fourth-order valence-corrected chi connectivity index (χ4v) is 3.87. The lowest BCUT2D eigenvalue weighted by atomic mass is 9.99. The van der Waals surface area contributed by atoms with E-state index in [0.29, 0.717) is 6.54 Å². The third kappa shape index (κ3) is 4.33. The molecule has 23 heavy (non-hydrogen) atoms. The predicted molar refractivity (Wildman–Crippen MR) is 90.9 cm³/mol. The molecule has 2 N–H and O–H groups in total. The van der Waals surface area contributed by atoms with Gasteiger partial charge in [0, 0.05) is 13.1 Å². The molecule has 1 unspecified atom stereocenters. The topological polar surface area (TPSA) is 52.6 Å². The molecule has 1 aromatic carbocycles. The van der Waals surface area contributed by atoms with Gasteiger partial charge in [0.1, 0.15) is 0 Å². The van der Waals surface area contributed by atoms with Crippen LogP contribution >= 0.6 is 0 Å². The van der Waals surface area contributed by atoms with Crippen molar-refractivity contribution in [3.05, 3.63) is 35.9 Å². The third-order valence-corrected chi connectivity index (χ3v) is 5.27. The van der Waals surface area contributed by atoms with E-state index in [1.165, 1.54) is 5.56 Å². The largest absolute Gasteiger partial charge is 0.388 e. The molecule has 1 saturated heterocycles. The average Bonchev–Trinajstić information content (AvgIpc) is 3.01. The Balaban J connectivity index is 1.58. The standard InChI is InChI=1S/C19H28N2O2/c22-18(20-15-19(23)11-5-6-12-19)17-10-4-7-13-21(17)14-16-8-2-1-3-9-16/h1-3,8-9,17,23H,4-7,10-15H2,(H,20,22). The predicted octanol–water partition coefficient (Wildman–Crippen LogP) is 2.46. The van der Waals surface area contributed by atoms with E-state index in [9.17, 15) is 9.90 Å². The van der Waals surface area contributed by atoms with E-state index in [1.54, 1.807) is 0 Å². The molecule has 1 aliphatic heterocycles. The van der Waals surface area contributed by atoms with Crippen LogP contribution in [0.3, 0.4) is 0 Å². The van der Waals surface area contributed by atoms with E-state index in [1.807, 2.05) is 18.2 Å². The number of amides is 1. The SMILES string of the molecule is O=C(NCC1(O)CCCC1)C1CCCCN1Cc1ccccc1. The van der Waals surface area contributed by atoms with Crippen molar-refractivity contribution in [3.63, 3.8) is 0 Å². The van der Waals surface area contributed by atoms with Gasteiger partial charge in [-0.3, -0.25) is 9.69 Å². The van der Waals surface area contributed by atoms with Crippen molar-refractivity contribution in [1.82, 2.24) is 10.2 Å². The third-order valence-electron chi connectivity index (χ3n) is 5.27. The summed E-state index contributed by atoms with van der Waals surface area (Å²) in [4.78, 5) is 14.9. The number of likely N-dealkylation sites (tertiary alicyclic amines) is 1. The Hall–Kier alpha value is -1.39. The molecule has 1 atom stereocenters. The second-order valence-electron chi connectivity index (χ2n) is 7.12. The molecule has 0 aromatic heterocycles. The molecule has 3 rings (SSSR count). The number of aliphatic hydroxyl groups is 1. The lowest BCUT2D eigenvalue weighted by Crippen LogP contribution is -2.52. The van der Waals surface area contributed by atoms with Gasteiger partial charge < -0.3 is 10.4 Å². The summed E-state index contributed by atoms with van der Waals surface area (Å²) in [5, 5.41) is 13.4. The number of carbonyl (C=O) groups excluding carboxylic acids is 1. The van der Waals surface area contributed by atoms with Crippen LogP contribution in [0.1, 0.15) is 50.5 Å². The van der Waals surface area contributed by atoms with Crippen molar-refractivity contribution in [2.75, 3.05) is 13.1 Å². The van der Waals surface area contributed by atoms with E-state index in [-0.39, 0.29) is 11.9 Å². The molecule has 126 valence electrons. The minimum Gasteiger partial charge on any atom is -0.388 e. The highest BCUT2D eigenvalue weighted by molar-refractivity contribution is 5.81. The van der Waals surface area contributed by atoms with Crippen molar-refractivity contribution in [2.24, 2.45) is 0 Å². The highest BCUT2D eigenvalue weighted by Crippen LogP contribution is 2.29. The highest BCUT2D eigenvalue weighted by atomic mass is 16.3. The zero-order valence-electron chi connectivity index (χ0n) is 13.8. The maximum absolute atomic E-state index is 12.6. The Morgan fingerprint density at radius 3 is 2.65 bits per heavy atom. The van der Waals surface area contributed by atoms with Gasteiger partial charge in [-0.1, -0.05) is 49.6 Å².